The Hall–Kier alpha value is -0.480. The standard InChI is InChI=1S/C9H4ClF3IN/c10-3-5-1-6(14)2-8(7(5)4-15)9(11,12)13/h1-2H,3H2. The van der Waals surface area contributed by atoms with E-state index in [0.717, 1.165) is 6.07 Å². The summed E-state index contributed by atoms with van der Waals surface area (Å²) >= 11 is 7.24. The zero-order valence-corrected chi connectivity index (χ0v) is 10.1. The van der Waals surface area contributed by atoms with E-state index in [9.17, 15) is 13.2 Å². The van der Waals surface area contributed by atoms with E-state index in [1.165, 1.54) is 6.07 Å². The molecule has 80 valence electrons. The van der Waals surface area contributed by atoms with Crippen LogP contribution in [0.15, 0.2) is 12.1 Å². The minimum absolute atomic E-state index is 0.108. The Bertz CT molecular complexity index is 423. The van der Waals surface area contributed by atoms with Gasteiger partial charge in [-0.05, 0) is 40.3 Å². The highest BCUT2D eigenvalue weighted by atomic mass is 127. The van der Waals surface area contributed by atoms with Gasteiger partial charge in [-0.2, -0.15) is 18.4 Å². The molecule has 0 atom stereocenters. The van der Waals surface area contributed by atoms with Crippen LogP contribution in [-0.4, -0.2) is 0 Å². The van der Waals surface area contributed by atoms with Crippen molar-refractivity contribution in [3.8, 4) is 6.07 Å². The highest BCUT2D eigenvalue weighted by molar-refractivity contribution is 14.1. The van der Waals surface area contributed by atoms with Crippen LogP contribution in [0.1, 0.15) is 16.7 Å². The zero-order chi connectivity index (χ0) is 11.6. The van der Waals surface area contributed by atoms with Crippen LogP contribution in [0.5, 0.6) is 0 Å². The SMILES string of the molecule is N#Cc1c(CCl)cc(I)cc1C(F)(F)F. The molecule has 0 aliphatic rings. The van der Waals surface area contributed by atoms with Crippen molar-refractivity contribution >= 4 is 34.2 Å². The Balaban J connectivity index is 3.51. The van der Waals surface area contributed by atoms with Crippen LogP contribution in [0, 0.1) is 14.9 Å². The second-order valence-corrected chi connectivity index (χ2v) is 4.24. The van der Waals surface area contributed by atoms with Crippen molar-refractivity contribution in [1.29, 1.82) is 5.26 Å². The smallest absolute Gasteiger partial charge is 0.192 e. The van der Waals surface area contributed by atoms with Crippen LogP contribution in [0.25, 0.3) is 0 Å². The van der Waals surface area contributed by atoms with Gasteiger partial charge in [0.1, 0.15) is 6.07 Å². The van der Waals surface area contributed by atoms with Gasteiger partial charge in [-0.15, -0.1) is 11.6 Å². The van der Waals surface area contributed by atoms with E-state index in [2.05, 4.69) is 0 Å². The van der Waals surface area contributed by atoms with Crippen LogP contribution in [-0.2, 0) is 12.1 Å². The van der Waals surface area contributed by atoms with Gasteiger partial charge < -0.3 is 0 Å². The van der Waals surface area contributed by atoms with Gasteiger partial charge in [0.2, 0.25) is 0 Å². The summed E-state index contributed by atoms with van der Waals surface area (Å²) in [5, 5.41) is 8.67. The van der Waals surface area contributed by atoms with Crippen molar-refractivity contribution in [3.05, 3.63) is 32.4 Å². The van der Waals surface area contributed by atoms with Crippen molar-refractivity contribution in [2.45, 2.75) is 12.1 Å². The van der Waals surface area contributed by atoms with E-state index >= 15 is 0 Å². The quantitative estimate of drug-likeness (QED) is 0.559. The van der Waals surface area contributed by atoms with Gasteiger partial charge in [0, 0.05) is 9.45 Å². The van der Waals surface area contributed by atoms with Crippen molar-refractivity contribution in [3.63, 3.8) is 0 Å². The molecule has 0 unspecified atom stereocenters. The molecule has 6 heteroatoms. The Morgan fingerprint density at radius 2 is 2.00 bits per heavy atom. The second-order valence-electron chi connectivity index (χ2n) is 2.73. The molecule has 1 aromatic carbocycles. The molecule has 0 saturated carbocycles. The van der Waals surface area contributed by atoms with E-state index < -0.39 is 17.3 Å². The van der Waals surface area contributed by atoms with Gasteiger partial charge in [0.05, 0.1) is 11.1 Å². The molecule has 0 aliphatic heterocycles. The Kier molecular flexibility index (Phi) is 3.84. The fraction of sp³-hybridized carbons (Fsp3) is 0.222. The Labute approximate surface area is 103 Å². The molecular weight excluding hydrogens is 341 g/mol. The van der Waals surface area contributed by atoms with E-state index in [-0.39, 0.29) is 11.4 Å². The van der Waals surface area contributed by atoms with Crippen LogP contribution in [0.2, 0.25) is 0 Å². The first-order chi connectivity index (χ1) is 6.90. The zero-order valence-electron chi connectivity index (χ0n) is 7.20. The highest BCUT2D eigenvalue weighted by Crippen LogP contribution is 2.34. The van der Waals surface area contributed by atoms with Crippen LogP contribution in [0.3, 0.4) is 0 Å². The molecule has 0 radical (unpaired) electrons. The summed E-state index contributed by atoms with van der Waals surface area (Å²) in [6.45, 7) is 0. The molecule has 0 spiro atoms. The minimum Gasteiger partial charge on any atom is -0.192 e. The largest absolute Gasteiger partial charge is 0.417 e. The lowest BCUT2D eigenvalue weighted by Gasteiger charge is -2.11. The molecule has 15 heavy (non-hydrogen) atoms. The normalized spacial score (nSPS) is 11.2. The molecule has 0 fully saturated rings. The third-order valence-electron chi connectivity index (χ3n) is 1.75. The third kappa shape index (κ3) is 2.75. The summed E-state index contributed by atoms with van der Waals surface area (Å²) in [7, 11) is 0. The van der Waals surface area contributed by atoms with Crippen molar-refractivity contribution in [1.82, 2.24) is 0 Å². The summed E-state index contributed by atoms with van der Waals surface area (Å²) in [5.74, 6) is -0.108. The summed E-state index contributed by atoms with van der Waals surface area (Å²) < 4.78 is 38.0. The molecule has 1 aromatic rings. The number of rotatable bonds is 1. The van der Waals surface area contributed by atoms with E-state index in [4.69, 9.17) is 16.9 Å². The lowest BCUT2D eigenvalue weighted by atomic mass is 10.0. The maximum absolute atomic E-state index is 12.5. The number of halogens is 5. The molecule has 1 rings (SSSR count). The molecule has 0 saturated heterocycles. The average molecular weight is 345 g/mol. The monoisotopic (exact) mass is 345 g/mol. The Morgan fingerprint density at radius 3 is 2.40 bits per heavy atom. The molecule has 0 N–H and O–H groups in total. The van der Waals surface area contributed by atoms with E-state index in [0.29, 0.717) is 3.57 Å². The van der Waals surface area contributed by atoms with E-state index in [1.807, 2.05) is 0 Å². The topological polar surface area (TPSA) is 23.8 Å². The number of nitriles is 1. The van der Waals surface area contributed by atoms with Gasteiger partial charge in [-0.1, -0.05) is 0 Å². The molecule has 0 heterocycles. The van der Waals surface area contributed by atoms with Gasteiger partial charge in [0.25, 0.3) is 0 Å². The maximum atomic E-state index is 12.5. The predicted octanol–water partition coefficient (Wildman–Crippen LogP) is 3.92. The molecule has 1 nitrogen and oxygen atoms in total. The fourth-order valence-corrected chi connectivity index (χ4v) is 2.02. The number of hydrogen-bond acceptors (Lipinski definition) is 1. The number of benzene rings is 1. The lowest BCUT2D eigenvalue weighted by Crippen LogP contribution is -2.10. The molecular formula is C9H4ClF3IN. The van der Waals surface area contributed by atoms with E-state index in [1.54, 1.807) is 28.7 Å². The number of alkyl halides is 4. The summed E-state index contributed by atoms with van der Waals surface area (Å²) in [4.78, 5) is 0. The van der Waals surface area contributed by atoms with Gasteiger partial charge in [0.15, 0.2) is 0 Å². The van der Waals surface area contributed by atoms with Crippen LogP contribution >= 0.6 is 34.2 Å². The fourth-order valence-electron chi connectivity index (χ4n) is 1.12. The summed E-state index contributed by atoms with van der Waals surface area (Å²) in [5.41, 5.74) is -1.11. The first kappa shape index (κ1) is 12.6. The van der Waals surface area contributed by atoms with Crippen molar-refractivity contribution in [2.75, 3.05) is 0 Å². The van der Waals surface area contributed by atoms with Gasteiger partial charge >= 0.3 is 6.18 Å². The minimum atomic E-state index is -4.52. The number of nitrogens with zero attached hydrogens (tertiary/aromatic N) is 1. The Morgan fingerprint density at radius 1 is 1.40 bits per heavy atom. The first-order valence-corrected chi connectivity index (χ1v) is 5.37. The maximum Gasteiger partial charge on any atom is 0.417 e. The third-order valence-corrected chi connectivity index (χ3v) is 2.66. The second kappa shape index (κ2) is 4.58. The average Bonchev–Trinajstić information content (AvgIpc) is 2.15. The van der Waals surface area contributed by atoms with Crippen molar-refractivity contribution < 1.29 is 13.2 Å². The predicted molar refractivity (Wildman–Crippen MR) is 58.4 cm³/mol. The van der Waals surface area contributed by atoms with Gasteiger partial charge in [-0.25, -0.2) is 0 Å². The number of hydrogen-bond donors (Lipinski definition) is 0. The van der Waals surface area contributed by atoms with Crippen LogP contribution in [0.4, 0.5) is 13.2 Å². The molecule has 0 aromatic heterocycles. The van der Waals surface area contributed by atoms with Gasteiger partial charge in [-0.3, -0.25) is 0 Å². The van der Waals surface area contributed by atoms with Crippen LogP contribution < -0.4 is 0 Å². The first-order valence-electron chi connectivity index (χ1n) is 3.76. The highest BCUT2D eigenvalue weighted by Gasteiger charge is 2.34. The molecule has 0 amide bonds. The lowest BCUT2D eigenvalue weighted by molar-refractivity contribution is -0.137. The summed E-state index contributed by atoms with van der Waals surface area (Å²) in [6.07, 6.45) is -4.52. The summed E-state index contributed by atoms with van der Waals surface area (Å²) in [6, 6.07) is 3.95. The molecule has 0 aliphatic carbocycles. The molecule has 0 bridgehead atoms. The van der Waals surface area contributed by atoms with Crippen molar-refractivity contribution in [2.24, 2.45) is 0 Å².